The molecule has 3 aromatic rings. The van der Waals surface area contributed by atoms with E-state index in [1.807, 2.05) is 37.3 Å². The van der Waals surface area contributed by atoms with E-state index in [1.165, 1.54) is 23.9 Å². The van der Waals surface area contributed by atoms with E-state index in [4.69, 9.17) is 0 Å². The number of carbonyl (C=O) groups excluding carboxylic acids is 1. The Morgan fingerprint density at radius 2 is 1.81 bits per heavy atom. The lowest BCUT2D eigenvalue weighted by atomic mass is 10.1. The van der Waals surface area contributed by atoms with Crippen molar-refractivity contribution in [2.75, 3.05) is 0 Å². The standard InChI is InChI=1S/C18H18FN5OS/c1-12(14-8-10-15(19)11-9-14)20-17(25)13(2)26-18-21-22-23-24(18)16-6-4-3-5-7-16/h3-13H,1-2H3,(H,20,25)/t12-,13+/m0/s1. The van der Waals surface area contributed by atoms with Crippen LogP contribution in [0.5, 0.6) is 0 Å². The van der Waals surface area contributed by atoms with Crippen LogP contribution in [0.2, 0.25) is 0 Å². The van der Waals surface area contributed by atoms with Crippen LogP contribution in [0.4, 0.5) is 4.39 Å². The van der Waals surface area contributed by atoms with Gasteiger partial charge in [0, 0.05) is 0 Å². The summed E-state index contributed by atoms with van der Waals surface area (Å²) in [4.78, 5) is 12.5. The van der Waals surface area contributed by atoms with Crippen LogP contribution < -0.4 is 5.32 Å². The number of nitrogens with one attached hydrogen (secondary N) is 1. The summed E-state index contributed by atoms with van der Waals surface area (Å²) in [7, 11) is 0. The number of halogens is 1. The first-order chi connectivity index (χ1) is 12.5. The molecule has 8 heteroatoms. The van der Waals surface area contributed by atoms with Gasteiger partial charge in [-0.3, -0.25) is 4.79 Å². The molecule has 0 spiro atoms. The van der Waals surface area contributed by atoms with E-state index in [0.29, 0.717) is 5.16 Å². The Morgan fingerprint density at radius 1 is 1.12 bits per heavy atom. The van der Waals surface area contributed by atoms with Crippen molar-refractivity contribution >= 4 is 17.7 Å². The van der Waals surface area contributed by atoms with Gasteiger partial charge in [-0.05, 0) is 54.1 Å². The highest BCUT2D eigenvalue weighted by Crippen LogP contribution is 2.23. The third-order valence-corrected chi connectivity index (χ3v) is 4.85. The second-order valence-electron chi connectivity index (χ2n) is 5.75. The molecule has 0 aliphatic rings. The molecule has 0 bridgehead atoms. The number of amides is 1. The molecule has 1 N–H and O–H groups in total. The Bertz CT molecular complexity index is 869. The summed E-state index contributed by atoms with van der Waals surface area (Å²) in [6.07, 6.45) is 0. The van der Waals surface area contributed by atoms with Crippen molar-refractivity contribution < 1.29 is 9.18 Å². The van der Waals surface area contributed by atoms with E-state index in [0.717, 1.165) is 11.3 Å². The molecular weight excluding hydrogens is 353 g/mol. The van der Waals surface area contributed by atoms with Gasteiger partial charge in [-0.25, -0.2) is 4.39 Å². The Labute approximate surface area is 154 Å². The van der Waals surface area contributed by atoms with Crippen molar-refractivity contribution in [2.45, 2.75) is 30.3 Å². The fourth-order valence-electron chi connectivity index (χ4n) is 2.36. The summed E-state index contributed by atoms with van der Waals surface area (Å²) < 4.78 is 14.6. The predicted octanol–water partition coefficient (Wildman–Crippen LogP) is 3.16. The summed E-state index contributed by atoms with van der Waals surface area (Å²) in [6.45, 7) is 3.65. The van der Waals surface area contributed by atoms with Crippen LogP contribution in [0.1, 0.15) is 25.5 Å². The first-order valence-electron chi connectivity index (χ1n) is 8.11. The van der Waals surface area contributed by atoms with Crippen molar-refractivity contribution in [3.63, 3.8) is 0 Å². The maximum absolute atomic E-state index is 13.0. The number of tetrazole rings is 1. The largest absolute Gasteiger partial charge is 0.349 e. The minimum Gasteiger partial charge on any atom is -0.349 e. The van der Waals surface area contributed by atoms with Gasteiger partial charge in [-0.15, -0.1) is 5.10 Å². The molecule has 26 heavy (non-hydrogen) atoms. The number of aromatic nitrogens is 4. The first-order valence-corrected chi connectivity index (χ1v) is 8.99. The van der Waals surface area contributed by atoms with E-state index >= 15 is 0 Å². The second kappa shape index (κ2) is 8.09. The van der Waals surface area contributed by atoms with E-state index in [9.17, 15) is 9.18 Å². The van der Waals surface area contributed by atoms with Crippen LogP contribution >= 0.6 is 11.8 Å². The van der Waals surface area contributed by atoms with E-state index in [-0.39, 0.29) is 17.8 Å². The van der Waals surface area contributed by atoms with Crippen molar-refractivity contribution in [3.05, 3.63) is 66.0 Å². The fourth-order valence-corrected chi connectivity index (χ4v) is 3.18. The molecule has 1 aromatic heterocycles. The van der Waals surface area contributed by atoms with E-state index < -0.39 is 5.25 Å². The van der Waals surface area contributed by atoms with Gasteiger partial charge < -0.3 is 5.32 Å². The summed E-state index contributed by atoms with van der Waals surface area (Å²) in [5.74, 6) is -0.446. The van der Waals surface area contributed by atoms with Gasteiger partial charge in [-0.1, -0.05) is 42.1 Å². The minimum atomic E-state index is -0.397. The molecule has 0 radical (unpaired) electrons. The van der Waals surface area contributed by atoms with E-state index in [2.05, 4.69) is 20.8 Å². The van der Waals surface area contributed by atoms with Crippen molar-refractivity contribution in [1.29, 1.82) is 0 Å². The van der Waals surface area contributed by atoms with Crippen molar-refractivity contribution in [3.8, 4) is 5.69 Å². The number of hydrogen-bond acceptors (Lipinski definition) is 5. The molecule has 1 heterocycles. The van der Waals surface area contributed by atoms with Gasteiger partial charge in [0.2, 0.25) is 11.1 Å². The molecule has 2 atom stereocenters. The number of hydrogen-bond donors (Lipinski definition) is 1. The molecule has 0 fully saturated rings. The second-order valence-corrected chi connectivity index (χ2v) is 7.06. The summed E-state index contributed by atoms with van der Waals surface area (Å²) in [5, 5.41) is 14.8. The Balaban J connectivity index is 1.65. The van der Waals surface area contributed by atoms with Gasteiger partial charge in [-0.2, -0.15) is 4.68 Å². The summed E-state index contributed by atoms with van der Waals surface area (Å²) in [5.41, 5.74) is 1.67. The highest BCUT2D eigenvalue weighted by Gasteiger charge is 2.21. The topological polar surface area (TPSA) is 72.7 Å². The normalized spacial score (nSPS) is 13.2. The molecule has 1 amide bonds. The van der Waals surface area contributed by atoms with Gasteiger partial charge in [0.25, 0.3) is 0 Å². The molecular formula is C18H18FN5OS. The molecule has 2 aromatic carbocycles. The van der Waals surface area contributed by atoms with Gasteiger partial charge >= 0.3 is 0 Å². The molecule has 3 rings (SSSR count). The average molecular weight is 371 g/mol. The fraction of sp³-hybridized carbons (Fsp3) is 0.222. The third-order valence-electron chi connectivity index (χ3n) is 3.82. The zero-order valence-electron chi connectivity index (χ0n) is 14.3. The summed E-state index contributed by atoms with van der Waals surface area (Å²) >= 11 is 1.27. The molecule has 0 aliphatic heterocycles. The summed E-state index contributed by atoms with van der Waals surface area (Å²) in [6, 6.07) is 15.3. The number of benzene rings is 2. The minimum absolute atomic E-state index is 0.144. The van der Waals surface area contributed by atoms with E-state index in [1.54, 1.807) is 23.7 Å². The SMILES string of the molecule is C[C@H](NC(=O)[C@@H](C)Sc1nnnn1-c1ccccc1)c1ccc(F)cc1. The average Bonchev–Trinajstić information content (AvgIpc) is 3.11. The Hall–Kier alpha value is -2.74. The predicted molar refractivity (Wildman–Crippen MR) is 97.4 cm³/mol. The lowest BCUT2D eigenvalue weighted by Crippen LogP contribution is -2.33. The zero-order valence-corrected chi connectivity index (χ0v) is 15.2. The van der Waals surface area contributed by atoms with Gasteiger partial charge in [0.1, 0.15) is 5.82 Å². The molecule has 0 saturated heterocycles. The Kier molecular flexibility index (Phi) is 5.62. The van der Waals surface area contributed by atoms with Gasteiger partial charge in [0.15, 0.2) is 0 Å². The van der Waals surface area contributed by atoms with Crippen LogP contribution in [0.3, 0.4) is 0 Å². The first kappa shape index (κ1) is 18.1. The monoisotopic (exact) mass is 371 g/mol. The number of carbonyl (C=O) groups is 1. The van der Waals surface area contributed by atoms with Crippen LogP contribution in [-0.2, 0) is 4.79 Å². The maximum Gasteiger partial charge on any atom is 0.233 e. The van der Waals surface area contributed by atoms with Gasteiger partial charge in [0.05, 0.1) is 17.0 Å². The van der Waals surface area contributed by atoms with Crippen molar-refractivity contribution in [2.24, 2.45) is 0 Å². The molecule has 0 aliphatic carbocycles. The molecule has 6 nitrogen and oxygen atoms in total. The smallest absolute Gasteiger partial charge is 0.233 e. The highest BCUT2D eigenvalue weighted by atomic mass is 32.2. The number of rotatable bonds is 6. The van der Waals surface area contributed by atoms with Crippen LogP contribution in [0, 0.1) is 5.82 Å². The van der Waals surface area contributed by atoms with Crippen molar-refractivity contribution in [1.82, 2.24) is 25.5 Å². The number of nitrogens with zero attached hydrogens (tertiary/aromatic N) is 4. The van der Waals surface area contributed by atoms with Crippen LogP contribution in [-0.4, -0.2) is 31.4 Å². The number of thioether (sulfide) groups is 1. The molecule has 134 valence electrons. The lowest BCUT2D eigenvalue weighted by molar-refractivity contribution is -0.120. The zero-order chi connectivity index (χ0) is 18.5. The maximum atomic E-state index is 13.0. The third kappa shape index (κ3) is 4.26. The van der Waals surface area contributed by atoms with Crippen LogP contribution in [0.25, 0.3) is 5.69 Å². The quantitative estimate of drug-likeness (QED) is 0.674. The molecule has 0 unspecified atom stereocenters. The lowest BCUT2D eigenvalue weighted by Gasteiger charge is -2.17. The highest BCUT2D eigenvalue weighted by molar-refractivity contribution is 8.00. The molecule has 0 saturated carbocycles. The number of para-hydroxylation sites is 1. The van der Waals surface area contributed by atoms with Crippen LogP contribution in [0.15, 0.2) is 59.8 Å². The Morgan fingerprint density at radius 3 is 2.50 bits per heavy atom.